The number of likely N-dealkylation sites (N-methyl/N-ethyl adjacent to an activating group) is 1. The third-order valence-electron chi connectivity index (χ3n) is 3.44. The van der Waals surface area contributed by atoms with E-state index in [-0.39, 0.29) is 5.92 Å². The minimum absolute atomic E-state index is 0.276. The largest absolute Gasteiger partial charge is 0.341 e. The van der Waals surface area contributed by atoms with Crippen LogP contribution < -0.4 is 0 Å². The SMILES string of the molecule is CN1CCCN(C(=O)C2CN(C)C2)CC1. The molecular weight excluding hydrogens is 190 g/mol. The zero-order valence-electron chi connectivity index (χ0n) is 9.78. The molecule has 2 fully saturated rings. The van der Waals surface area contributed by atoms with Gasteiger partial charge in [-0.25, -0.2) is 0 Å². The van der Waals surface area contributed by atoms with Crippen molar-refractivity contribution >= 4 is 5.91 Å². The van der Waals surface area contributed by atoms with Crippen molar-refractivity contribution in [3.05, 3.63) is 0 Å². The number of rotatable bonds is 1. The van der Waals surface area contributed by atoms with E-state index in [1.165, 1.54) is 0 Å². The van der Waals surface area contributed by atoms with Gasteiger partial charge >= 0.3 is 0 Å². The van der Waals surface area contributed by atoms with Crippen molar-refractivity contribution in [2.45, 2.75) is 6.42 Å². The molecule has 4 heteroatoms. The van der Waals surface area contributed by atoms with E-state index in [1.807, 2.05) is 0 Å². The van der Waals surface area contributed by atoms with Crippen molar-refractivity contribution in [3.63, 3.8) is 0 Å². The van der Waals surface area contributed by atoms with Crippen LogP contribution in [0.15, 0.2) is 0 Å². The zero-order chi connectivity index (χ0) is 10.8. The van der Waals surface area contributed by atoms with Crippen LogP contribution in [-0.2, 0) is 4.79 Å². The summed E-state index contributed by atoms with van der Waals surface area (Å²) in [5.74, 6) is 0.654. The highest BCUT2D eigenvalue weighted by Gasteiger charge is 2.33. The van der Waals surface area contributed by atoms with Crippen LogP contribution in [0.5, 0.6) is 0 Å². The van der Waals surface area contributed by atoms with Crippen LogP contribution in [0, 0.1) is 5.92 Å². The summed E-state index contributed by atoms with van der Waals surface area (Å²) in [6, 6.07) is 0. The number of carbonyl (C=O) groups excluding carboxylic acids is 1. The summed E-state index contributed by atoms with van der Waals surface area (Å²) in [6.07, 6.45) is 1.12. The molecule has 0 spiro atoms. The number of hydrogen-bond acceptors (Lipinski definition) is 3. The number of amides is 1. The molecule has 0 aromatic carbocycles. The fourth-order valence-corrected chi connectivity index (χ4v) is 2.38. The first-order chi connectivity index (χ1) is 7.16. The second-order valence-corrected chi connectivity index (χ2v) is 4.90. The molecule has 1 amide bonds. The van der Waals surface area contributed by atoms with Gasteiger partial charge in [-0.15, -0.1) is 0 Å². The molecule has 0 aromatic heterocycles. The normalized spacial score (nSPS) is 26.1. The monoisotopic (exact) mass is 211 g/mol. The Hall–Kier alpha value is -0.610. The van der Waals surface area contributed by atoms with Gasteiger partial charge in [0.15, 0.2) is 0 Å². The van der Waals surface area contributed by atoms with E-state index in [1.54, 1.807) is 0 Å². The molecule has 2 aliphatic rings. The third kappa shape index (κ3) is 2.49. The van der Waals surface area contributed by atoms with Crippen molar-refractivity contribution in [2.75, 3.05) is 53.4 Å². The standard InChI is InChI=1S/C11H21N3O/c1-12-4-3-5-14(7-6-12)11(15)10-8-13(2)9-10/h10H,3-9H2,1-2H3. The molecule has 0 aliphatic carbocycles. The highest BCUT2D eigenvalue weighted by atomic mass is 16.2. The maximum absolute atomic E-state index is 12.1. The molecule has 0 aromatic rings. The summed E-state index contributed by atoms with van der Waals surface area (Å²) in [7, 11) is 4.20. The lowest BCUT2D eigenvalue weighted by atomic mass is 9.99. The molecule has 0 radical (unpaired) electrons. The quantitative estimate of drug-likeness (QED) is 0.596. The average Bonchev–Trinajstić information content (AvgIpc) is 2.37. The Morgan fingerprint density at radius 1 is 1.00 bits per heavy atom. The molecule has 0 unspecified atom stereocenters. The maximum atomic E-state index is 12.1. The molecule has 0 N–H and O–H groups in total. The van der Waals surface area contributed by atoms with Gasteiger partial charge in [0.05, 0.1) is 5.92 Å². The number of carbonyl (C=O) groups is 1. The van der Waals surface area contributed by atoms with Gasteiger partial charge in [0, 0.05) is 32.7 Å². The second kappa shape index (κ2) is 4.49. The summed E-state index contributed by atoms with van der Waals surface area (Å²) >= 11 is 0. The molecule has 2 heterocycles. The first-order valence-electron chi connectivity index (χ1n) is 5.82. The molecule has 0 bridgehead atoms. The molecule has 0 atom stereocenters. The van der Waals surface area contributed by atoms with Crippen molar-refractivity contribution in [3.8, 4) is 0 Å². The van der Waals surface area contributed by atoms with Gasteiger partial charge in [0.1, 0.15) is 0 Å². The molecule has 15 heavy (non-hydrogen) atoms. The van der Waals surface area contributed by atoms with E-state index in [0.717, 1.165) is 45.7 Å². The smallest absolute Gasteiger partial charge is 0.228 e. The van der Waals surface area contributed by atoms with Crippen molar-refractivity contribution in [2.24, 2.45) is 5.92 Å². The van der Waals surface area contributed by atoms with E-state index in [4.69, 9.17) is 0 Å². The van der Waals surface area contributed by atoms with Crippen molar-refractivity contribution in [1.82, 2.24) is 14.7 Å². The van der Waals surface area contributed by atoms with Gasteiger partial charge in [-0.05, 0) is 27.1 Å². The van der Waals surface area contributed by atoms with E-state index in [0.29, 0.717) is 5.91 Å². The van der Waals surface area contributed by atoms with Crippen LogP contribution in [0.3, 0.4) is 0 Å². The van der Waals surface area contributed by atoms with Crippen LogP contribution in [-0.4, -0.2) is 74.0 Å². The Morgan fingerprint density at radius 2 is 1.73 bits per heavy atom. The lowest BCUT2D eigenvalue weighted by Crippen LogP contribution is -2.53. The molecular formula is C11H21N3O. The first-order valence-corrected chi connectivity index (χ1v) is 5.82. The Bertz CT molecular complexity index is 238. The van der Waals surface area contributed by atoms with Gasteiger partial charge in [0.25, 0.3) is 0 Å². The summed E-state index contributed by atoms with van der Waals surface area (Å²) in [6.45, 7) is 5.90. The molecule has 2 saturated heterocycles. The molecule has 2 aliphatic heterocycles. The van der Waals surface area contributed by atoms with Crippen LogP contribution >= 0.6 is 0 Å². The molecule has 2 rings (SSSR count). The Morgan fingerprint density at radius 3 is 2.40 bits per heavy atom. The second-order valence-electron chi connectivity index (χ2n) is 4.90. The van der Waals surface area contributed by atoms with Crippen LogP contribution in [0.2, 0.25) is 0 Å². The summed E-state index contributed by atoms with van der Waals surface area (Å²) in [5.41, 5.74) is 0. The van der Waals surface area contributed by atoms with Crippen LogP contribution in [0.4, 0.5) is 0 Å². The summed E-state index contributed by atoms with van der Waals surface area (Å²) in [5, 5.41) is 0. The fraction of sp³-hybridized carbons (Fsp3) is 0.909. The van der Waals surface area contributed by atoms with E-state index in [2.05, 4.69) is 28.8 Å². The van der Waals surface area contributed by atoms with E-state index >= 15 is 0 Å². The summed E-state index contributed by atoms with van der Waals surface area (Å²) in [4.78, 5) is 18.6. The van der Waals surface area contributed by atoms with E-state index in [9.17, 15) is 4.79 Å². The highest BCUT2D eigenvalue weighted by molar-refractivity contribution is 5.80. The van der Waals surface area contributed by atoms with Gasteiger partial charge in [-0.2, -0.15) is 0 Å². The van der Waals surface area contributed by atoms with Crippen molar-refractivity contribution < 1.29 is 4.79 Å². The first kappa shape index (κ1) is 10.9. The third-order valence-corrected chi connectivity index (χ3v) is 3.44. The maximum Gasteiger partial charge on any atom is 0.228 e. The zero-order valence-corrected chi connectivity index (χ0v) is 9.78. The lowest BCUT2D eigenvalue weighted by Gasteiger charge is -2.38. The predicted octanol–water partition coefficient (Wildman–Crippen LogP) is -0.288. The van der Waals surface area contributed by atoms with Gasteiger partial charge < -0.3 is 14.7 Å². The molecule has 0 saturated carbocycles. The molecule has 4 nitrogen and oxygen atoms in total. The Labute approximate surface area is 91.8 Å². The molecule has 86 valence electrons. The van der Waals surface area contributed by atoms with Crippen molar-refractivity contribution in [1.29, 1.82) is 0 Å². The minimum Gasteiger partial charge on any atom is -0.341 e. The minimum atomic E-state index is 0.276. The van der Waals surface area contributed by atoms with Gasteiger partial charge in [-0.1, -0.05) is 0 Å². The Kier molecular flexibility index (Phi) is 3.26. The predicted molar refractivity (Wildman–Crippen MR) is 59.7 cm³/mol. The van der Waals surface area contributed by atoms with E-state index < -0.39 is 0 Å². The Balaban J connectivity index is 1.84. The van der Waals surface area contributed by atoms with Gasteiger partial charge in [-0.3, -0.25) is 4.79 Å². The number of hydrogen-bond donors (Lipinski definition) is 0. The van der Waals surface area contributed by atoms with Gasteiger partial charge in [0.2, 0.25) is 5.91 Å². The topological polar surface area (TPSA) is 26.8 Å². The lowest BCUT2D eigenvalue weighted by molar-refractivity contribution is -0.140. The van der Waals surface area contributed by atoms with Crippen LogP contribution in [0.1, 0.15) is 6.42 Å². The van der Waals surface area contributed by atoms with Crippen LogP contribution in [0.25, 0.3) is 0 Å². The number of likely N-dealkylation sites (tertiary alicyclic amines) is 1. The highest BCUT2D eigenvalue weighted by Crippen LogP contribution is 2.16. The number of nitrogens with zero attached hydrogens (tertiary/aromatic N) is 3. The fourth-order valence-electron chi connectivity index (χ4n) is 2.38. The summed E-state index contributed by atoms with van der Waals surface area (Å²) < 4.78 is 0. The average molecular weight is 211 g/mol.